The topological polar surface area (TPSA) is 58.6 Å². The monoisotopic (exact) mass is 269 g/mol. The summed E-state index contributed by atoms with van der Waals surface area (Å²) in [6, 6.07) is 5.97. The maximum Gasteiger partial charge on any atom is 0.323 e. The van der Waals surface area contributed by atoms with E-state index in [2.05, 4.69) is 5.32 Å². The number of hydrogen-bond donors (Lipinski definition) is 2. The highest BCUT2D eigenvalue weighted by Crippen LogP contribution is 2.15. The number of aliphatic carboxylic acids is 1. The molecule has 1 rings (SSSR count). The average Bonchev–Trinajstić information content (AvgIpc) is 2.38. The summed E-state index contributed by atoms with van der Waals surface area (Å²) in [5, 5.41) is 11.9. The van der Waals surface area contributed by atoms with Gasteiger partial charge in [0.25, 0.3) is 0 Å². The third-order valence-electron chi connectivity index (χ3n) is 3.16. The van der Waals surface area contributed by atoms with Crippen molar-refractivity contribution in [2.75, 3.05) is 13.7 Å². The minimum atomic E-state index is -0.904. The lowest BCUT2D eigenvalue weighted by molar-refractivity contribution is -0.144. The summed E-state index contributed by atoms with van der Waals surface area (Å²) in [6.07, 6.45) is 1.96. The van der Waals surface area contributed by atoms with Crippen molar-refractivity contribution in [3.8, 4) is 5.75 Å². The maximum atomic E-state index is 12.9. The number of benzene rings is 1. The van der Waals surface area contributed by atoms with Crippen LogP contribution < -0.4 is 10.1 Å². The van der Waals surface area contributed by atoms with Gasteiger partial charge in [-0.3, -0.25) is 4.79 Å². The van der Waals surface area contributed by atoms with Gasteiger partial charge in [0.2, 0.25) is 0 Å². The molecular formula is C14H20FNO3. The molecule has 0 fully saturated rings. The Kier molecular flexibility index (Phi) is 5.76. The molecule has 0 bridgehead atoms. The molecule has 0 radical (unpaired) electrons. The molecule has 0 aromatic heterocycles. The summed E-state index contributed by atoms with van der Waals surface area (Å²) in [5.74, 6) is -0.693. The molecule has 0 saturated carbocycles. The van der Waals surface area contributed by atoms with Crippen molar-refractivity contribution in [1.29, 1.82) is 0 Å². The Bertz CT molecular complexity index is 425. The van der Waals surface area contributed by atoms with Crippen LogP contribution in [0, 0.1) is 5.82 Å². The number of nitrogens with one attached hydrogen (secondary N) is 1. The van der Waals surface area contributed by atoms with Crippen molar-refractivity contribution in [3.63, 3.8) is 0 Å². The minimum absolute atomic E-state index is 0.328. The van der Waals surface area contributed by atoms with Crippen LogP contribution in [0.25, 0.3) is 0 Å². The molecule has 0 saturated heterocycles. The molecule has 1 atom stereocenters. The van der Waals surface area contributed by atoms with Crippen LogP contribution in [0.2, 0.25) is 0 Å². The lowest BCUT2D eigenvalue weighted by Crippen LogP contribution is -2.47. The largest absolute Gasteiger partial charge is 0.493 e. The number of unbranched alkanes of at least 4 members (excludes halogenated alkanes) is 1. The van der Waals surface area contributed by atoms with Gasteiger partial charge < -0.3 is 15.2 Å². The third kappa shape index (κ3) is 4.87. The lowest BCUT2D eigenvalue weighted by atomic mass is 9.95. The van der Waals surface area contributed by atoms with Crippen molar-refractivity contribution >= 4 is 5.97 Å². The van der Waals surface area contributed by atoms with Crippen LogP contribution in [0.3, 0.4) is 0 Å². The zero-order chi connectivity index (χ0) is 14.3. The van der Waals surface area contributed by atoms with Crippen LogP contribution in [0.4, 0.5) is 4.39 Å². The first kappa shape index (κ1) is 15.4. The molecule has 0 aliphatic rings. The number of likely N-dealkylation sites (N-methyl/N-ethyl adjacent to an activating group) is 1. The Morgan fingerprint density at radius 2 is 2.21 bits per heavy atom. The fourth-order valence-electron chi connectivity index (χ4n) is 1.67. The first-order valence-electron chi connectivity index (χ1n) is 6.28. The van der Waals surface area contributed by atoms with E-state index in [4.69, 9.17) is 9.84 Å². The predicted molar refractivity (Wildman–Crippen MR) is 70.8 cm³/mol. The zero-order valence-electron chi connectivity index (χ0n) is 11.3. The standard InChI is InChI=1S/C14H20FNO3/c1-14(16-2,13(17)18)8-3-4-9-19-12-7-5-6-11(15)10-12/h5-7,10,16H,3-4,8-9H2,1-2H3,(H,17,18). The smallest absolute Gasteiger partial charge is 0.323 e. The second kappa shape index (κ2) is 7.09. The van der Waals surface area contributed by atoms with Gasteiger partial charge in [-0.15, -0.1) is 0 Å². The molecule has 0 amide bonds. The first-order valence-corrected chi connectivity index (χ1v) is 6.28. The van der Waals surface area contributed by atoms with E-state index in [0.717, 1.165) is 12.8 Å². The van der Waals surface area contributed by atoms with Crippen LogP contribution in [0.15, 0.2) is 24.3 Å². The van der Waals surface area contributed by atoms with E-state index in [-0.39, 0.29) is 5.82 Å². The summed E-state index contributed by atoms with van der Waals surface area (Å²) in [7, 11) is 1.64. The number of carboxylic acids is 1. The predicted octanol–water partition coefficient (Wildman–Crippen LogP) is 2.44. The molecule has 1 aromatic carbocycles. The van der Waals surface area contributed by atoms with Gasteiger partial charge in [-0.05, 0) is 45.4 Å². The van der Waals surface area contributed by atoms with E-state index >= 15 is 0 Å². The first-order chi connectivity index (χ1) is 8.98. The highest BCUT2D eigenvalue weighted by molar-refractivity contribution is 5.78. The molecule has 19 heavy (non-hydrogen) atoms. The average molecular weight is 269 g/mol. The molecule has 0 aliphatic carbocycles. The second-order valence-corrected chi connectivity index (χ2v) is 4.65. The van der Waals surface area contributed by atoms with E-state index in [9.17, 15) is 9.18 Å². The van der Waals surface area contributed by atoms with Gasteiger partial charge in [0.05, 0.1) is 6.61 Å². The summed E-state index contributed by atoms with van der Waals surface area (Å²) in [4.78, 5) is 11.0. The summed E-state index contributed by atoms with van der Waals surface area (Å²) < 4.78 is 18.3. The maximum absolute atomic E-state index is 12.9. The van der Waals surface area contributed by atoms with Gasteiger partial charge in [-0.25, -0.2) is 4.39 Å². The molecule has 106 valence electrons. The normalized spacial score (nSPS) is 13.8. The molecular weight excluding hydrogens is 249 g/mol. The molecule has 0 heterocycles. The fourth-order valence-corrected chi connectivity index (χ4v) is 1.67. The molecule has 0 spiro atoms. The number of ether oxygens (including phenoxy) is 1. The Hall–Kier alpha value is -1.62. The van der Waals surface area contributed by atoms with E-state index in [1.807, 2.05) is 0 Å². The SMILES string of the molecule is CNC(C)(CCCCOc1cccc(F)c1)C(=O)O. The van der Waals surface area contributed by atoms with Crippen molar-refractivity contribution in [2.45, 2.75) is 31.7 Å². The fraction of sp³-hybridized carbons (Fsp3) is 0.500. The van der Waals surface area contributed by atoms with Gasteiger partial charge in [0.1, 0.15) is 17.1 Å². The molecule has 5 heteroatoms. The Morgan fingerprint density at radius 1 is 1.47 bits per heavy atom. The van der Waals surface area contributed by atoms with E-state index in [1.165, 1.54) is 12.1 Å². The van der Waals surface area contributed by atoms with Crippen molar-refractivity contribution in [1.82, 2.24) is 5.32 Å². The number of rotatable bonds is 8. The quantitative estimate of drug-likeness (QED) is 0.712. The zero-order valence-corrected chi connectivity index (χ0v) is 11.3. The van der Waals surface area contributed by atoms with Crippen LogP contribution in [-0.4, -0.2) is 30.3 Å². The van der Waals surface area contributed by atoms with Crippen molar-refractivity contribution in [3.05, 3.63) is 30.1 Å². The van der Waals surface area contributed by atoms with Crippen LogP contribution in [0.5, 0.6) is 5.75 Å². The van der Waals surface area contributed by atoms with Crippen molar-refractivity contribution in [2.24, 2.45) is 0 Å². The van der Waals surface area contributed by atoms with Crippen LogP contribution in [0.1, 0.15) is 26.2 Å². The van der Waals surface area contributed by atoms with Gasteiger partial charge in [-0.2, -0.15) is 0 Å². The Morgan fingerprint density at radius 3 is 2.79 bits per heavy atom. The number of halogens is 1. The number of carbonyl (C=O) groups is 1. The molecule has 2 N–H and O–H groups in total. The molecule has 1 aromatic rings. The van der Waals surface area contributed by atoms with Gasteiger partial charge >= 0.3 is 5.97 Å². The van der Waals surface area contributed by atoms with Crippen molar-refractivity contribution < 1.29 is 19.0 Å². The minimum Gasteiger partial charge on any atom is -0.493 e. The van der Waals surface area contributed by atoms with Gasteiger partial charge in [0, 0.05) is 6.07 Å². The highest BCUT2D eigenvalue weighted by atomic mass is 19.1. The van der Waals surface area contributed by atoms with Gasteiger partial charge in [-0.1, -0.05) is 6.07 Å². The molecule has 1 unspecified atom stereocenters. The molecule has 0 aliphatic heterocycles. The molecule has 4 nitrogen and oxygen atoms in total. The Balaban J connectivity index is 2.26. The van der Waals surface area contributed by atoms with Crippen LogP contribution in [-0.2, 0) is 4.79 Å². The summed E-state index contributed by atoms with van der Waals surface area (Å²) in [5.41, 5.74) is -0.904. The Labute approximate surface area is 112 Å². The van der Waals surface area contributed by atoms with E-state index < -0.39 is 11.5 Å². The third-order valence-corrected chi connectivity index (χ3v) is 3.16. The number of hydrogen-bond acceptors (Lipinski definition) is 3. The van der Waals surface area contributed by atoms with Gasteiger partial charge in [0.15, 0.2) is 0 Å². The van der Waals surface area contributed by atoms with E-state index in [1.54, 1.807) is 26.1 Å². The van der Waals surface area contributed by atoms with Crippen LogP contribution >= 0.6 is 0 Å². The highest BCUT2D eigenvalue weighted by Gasteiger charge is 2.29. The summed E-state index contributed by atoms with van der Waals surface area (Å²) >= 11 is 0. The lowest BCUT2D eigenvalue weighted by Gasteiger charge is -2.23. The summed E-state index contributed by atoms with van der Waals surface area (Å²) in [6.45, 7) is 2.10. The number of carboxylic acid groups (broad SMARTS) is 1. The second-order valence-electron chi connectivity index (χ2n) is 4.65. The van der Waals surface area contributed by atoms with E-state index in [0.29, 0.717) is 18.8 Å².